The molecule has 2 aliphatic rings. The number of carbonyl (C=O) groups is 1. The number of H-pyrrole nitrogens is 1. The topological polar surface area (TPSA) is 70.2 Å². The van der Waals surface area contributed by atoms with Gasteiger partial charge in [0.1, 0.15) is 0 Å². The van der Waals surface area contributed by atoms with Crippen LogP contribution in [0, 0.1) is 0 Å². The van der Waals surface area contributed by atoms with Crippen LogP contribution < -0.4 is 5.32 Å². The highest BCUT2D eigenvalue weighted by molar-refractivity contribution is 6.04. The quantitative estimate of drug-likeness (QED) is 0.836. The van der Waals surface area contributed by atoms with Crippen LogP contribution in [0.25, 0.3) is 10.9 Å². The molecule has 4 rings (SSSR count). The maximum Gasteiger partial charge on any atom is 0.272 e. The molecule has 2 fully saturated rings. The molecule has 0 aliphatic carbocycles. The van der Waals surface area contributed by atoms with Crippen LogP contribution in [0.4, 0.5) is 0 Å². The molecule has 3 heterocycles. The molecule has 2 aromatic rings. The number of carbonyl (C=O) groups excluding carboxylic acids is 1. The Morgan fingerprint density at radius 2 is 2.24 bits per heavy atom. The summed E-state index contributed by atoms with van der Waals surface area (Å²) in [6.45, 7) is 7.11. The van der Waals surface area contributed by atoms with Gasteiger partial charge in [-0.15, -0.1) is 0 Å². The molecule has 6 nitrogen and oxygen atoms in total. The van der Waals surface area contributed by atoms with Crippen molar-refractivity contribution in [1.29, 1.82) is 0 Å². The molecule has 132 valence electrons. The molecule has 0 spiro atoms. The summed E-state index contributed by atoms with van der Waals surface area (Å²) < 4.78 is 5.45. The number of rotatable bonds is 4. The van der Waals surface area contributed by atoms with Crippen molar-refractivity contribution >= 4 is 16.8 Å². The first-order chi connectivity index (χ1) is 12.1. The summed E-state index contributed by atoms with van der Waals surface area (Å²) in [6, 6.07) is 6.49. The Bertz CT molecular complexity index is 807. The van der Waals surface area contributed by atoms with Crippen LogP contribution in [0.3, 0.4) is 0 Å². The normalized spacial score (nSPS) is 22.1. The van der Waals surface area contributed by atoms with E-state index in [1.54, 1.807) is 0 Å². The highest BCUT2D eigenvalue weighted by atomic mass is 16.5. The first kappa shape index (κ1) is 16.3. The first-order valence-corrected chi connectivity index (χ1v) is 8.85. The molecular formula is C19H24N4O2. The molecule has 6 heteroatoms. The van der Waals surface area contributed by atoms with Crippen LogP contribution in [0.1, 0.15) is 34.8 Å². The molecule has 0 saturated carbocycles. The van der Waals surface area contributed by atoms with E-state index in [1.165, 1.54) is 5.56 Å². The van der Waals surface area contributed by atoms with E-state index in [0.29, 0.717) is 18.2 Å². The van der Waals surface area contributed by atoms with Gasteiger partial charge >= 0.3 is 0 Å². The molecule has 1 atom stereocenters. The maximum absolute atomic E-state index is 12.6. The lowest BCUT2D eigenvalue weighted by molar-refractivity contribution is 0.0853. The van der Waals surface area contributed by atoms with Crippen LogP contribution in [0.2, 0.25) is 0 Å². The van der Waals surface area contributed by atoms with Gasteiger partial charge in [0.05, 0.1) is 5.52 Å². The summed E-state index contributed by atoms with van der Waals surface area (Å²) in [4.78, 5) is 14.8. The fourth-order valence-corrected chi connectivity index (χ4v) is 3.80. The number of aromatic nitrogens is 2. The number of likely N-dealkylation sites (tertiary alicyclic amines) is 1. The number of aromatic amines is 1. The van der Waals surface area contributed by atoms with E-state index in [-0.39, 0.29) is 11.9 Å². The van der Waals surface area contributed by atoms with Crippen LogP contribution in [0.15, 0.2) is 30.4 Å². The van der Waals surface area contributed by atoms with Gasteiger partial charge in [0.15, 0.2) is 5.69 Å². The fourth-order valence-electron chi connectivity index (χ4n) is 3.80. The van der Waals surface area contributed by atoms with Gasteiger partial charge in [-0.25, -0.2) is 0 Å². The molecule has 25 heavy (non-hydrogen) atoms. The van der Waals surface area contributed by atoms with Crippen molar-refractivity contribution in [3.05, 3.63) is 41.6 Å². The minimum Gasteiger partial charge on any atom is -0.381 e. The number of benzene rings is 1. The van der Waals surface area contributed by atoms with Crippen molar-refractivity contribution in [3.63, 3.8) is 0 Å². The van der Waals surface area contributed by atoms with Gasteiger partial charge in [0.25, 0.3) is 5.91 Å². The lowest BCUT2D eigenvalue weighted by Gasteiger charge is -2.40. The molecule has 2 saturated heterocycles. The largest absolute Gasteiger partial charge is 0.381 e. The Balaban J connectivity index is 1.52. The van der Waals surface area contributed by atoms with Gasteiger partial charge in [0.2, 0.25) is 0 Å². The molecule has 0 radical (unpaired) electrons. The lowest BCUT2D eigenvalue weighted by atomic mass is 9.91. The number of hydrogen-bond donors (Lipinski definition) is 2. The van der Waals surface area contributed by atoms with Crippen LogP contribution in [-0.2, 0) is 4.74 Å². The zero-order chi connectivity index (χ0) is 17.4. The van der Waals surface area contributed by atoms with Crippen LogP contribution in [-0.4, -0.2) is 60.4 Å². The number of amides is 1. The number of ether oxygens (including phenoxy) is 1. The van der Waals surface area contributed by atoms with Gasteiger partial charge in [0, 0.05) is 37.7 Å². The average Bonchev–Trinajstić information content (AvgIpc) is 3.05. The summed E-state index contributed by atoms with van der Waals surface area (Å²) in [5.74, 6) is 0.361. The third kappa shape index (κ3) is 3.07. The smallest absolute Gasteiger partial charge is 0.272 e. The lowest BCUT2D eigenvalue weighted by Crippen LogP contribution is -2.53. The molecule has 2 N–H and O–H groups in total. The maximum atomic E-state index is 12.6. The van der Waals surface area contributed by atoms with Gasteiger partial charge in [-0.1, -0.05) is 12.6 Å². The summed E-state index contributed by atoms with van der Waals surface area (Å²) in [6.07, 6.45) is 2.06. The summed E-state index contributed by atoms with van der Waals surface area (Å²) in [5.41, 5.74) is 3.79. The van der Waals surface area contributed by atoms with Crippen molar-refractivity contribution in [2.24, 2.45) is 0 Å². The molecule has 0 unspecified atom stereocenters. The second kappa shape index (κ2) is 6.61. The molecular weight excluding hydrogens is 316 g/mol. The third-order valence-corrected chi connectivity index (χ3v) is 5.41. The second-order valence-electron chi connectivity index (χ2n) is 7.06. The molecule has 1 amide bonds. The van der Waals surface area contributed by atoms with Gasteiger partial charge in [-0.2, -0.15) is 5.10 Å². The average molecular weight is 340 g/mol. The van der Waals surface area contributed by atoms with Crippen molar-refractivity contribution in [2.45, 2.75) is 24.8 Å². The Labute approximate surface area is 147 Å². The Kier molecular flexibility index (Phi) is 4.31. The predicted molar refractivity (Wildman–Crippen MR) is 96.8 cm³/mol. The van der Waals surface area contributed by atoms with E-state index in [9.17, 15) is 4.79 Å². The molecule has 2 aliphatic heterocycles. The van der Waals surface area contributed by atoms with Gasteiger partial charge in [-0.3, -0.25) is 14.8 Å². The van der Waals surface area contributed by atoms with E-state index in [0.717, 1.165) is 49.1 Å². The highest BCUT2D eigenvalue weighted by Gasteiger charge is 2.29. The van der Waals surface area contributed by atoms with Crippen LogP contribution in [0.5, 0.6) is 0 Å². The van der Waals surface area contributed by atoms with E-state index in [1.807, 2.05) is 13.1 Å². The molecule has 0 bridgehead atoms. The summed E-state index contributed by atoms with van der Waals surface area (Å²) >= 11 is 0. The minimum atomic E-state index is -0.136. The van der Waals surface area contributed by atoms with Crippen molar-refractivity contribution in [2.75, 3.05) is 33.4 Å². The van der Waals surface area contributed by atoms with Crippen molar-refractivity contribution in [1.82, 2.24) is 20.4 Å². The van der Waals surface area contributed by atoms with E-state index in [4.69, 9.17) is 4.74 Å². The Hall–Kier alpha value is -2.18. The third-order valence-electron chi connectivity index (χ3n) is 5.41. The second-order valence-corrected chi connectivity index (χ2v) is 7.06. The molecule has 1 aromatic carbocycles. The summed E-state index contributed by atoms with van der Waals surface area (Å²) in [5, 5.41) is 11.1. The zero-order valence-corrected chi connectivity index (χ0v) is 14.5. The number of nitrogens with one attached hydrogen (secondary N) is 2. The van der Waals surface area contributed by atoms with Crippen LogP contribution >= 0.6 is 0 Å². The van der Waals surface area contributed by atoms with E-state index < -0.39 is 0 Å². The predicted octanol–water partition coefficient (Wildman–Crippen LogP) is 2.06. The molecule has 1 aromatic heterocycles. The zero-order valence-electron chi connectivity index (χ0n) is 14.5. The van der Waals surface area contributed by atoms with Gasteiger partial charge in [-0.05, 0) is 49.1 Å². The van der Waals surface area contributed by atoms with E-state index in [2.05, 4.69) is 39.1 Å². The fraction of sp³-hybridized carbons (Fsp3) is 0.474. The summed E-state index contributed by atoms with van der Waals surface area (Å²) in [7, 11) is 2.04. The number of likely N-dealkylation sites (N-methyl/N-ethyl adjacent to an activating group) is 1. The SMILES string of the molecule is C=C1CN(C)[C@@H]1CNC(=O)c1n[nH]c2ccc(C3CCOCC3)cc12. The van der Waals surface area contributed by atoms with Gasteiger partial charge < -0.3 is 10.1 Å². The number of hydrogen-bond acceptors (Lipinski definition) is 4. The number of fused-ring (bicyclic) bond motifs is 1. The Morgan fingerprint density at radius 3 is 2.96 bits per heavy atom. The minimum absolute atomic E-state index is 0.136. The standard InChI is InChI=1S/C19H24N4O2/c1-12-11-23(2)17(12)10-20-19(24)18-15-9-14(3-4-16(15)21-22-18)13-5-7-25-8-6-13/h3-4,9,13,17H,1,5-8,10-11H2,2H3,(H,20,24)(H,21,22)/t17-/m1/s1. The monoisotopic (exact) mass is 340 g/mol. The van der Waals surface area contributed by atoms with Crippen molar-refractivity contribution < 1.29 is 9.53 Å². The van der Waals surface area contributed by atoms with Crippen molar-refractivity contribution in [3.8, 4) is 0 Å². The van der Waals surface area contributed by atoms with E-state index >= 15 is 0 Å². The number of nitrogens with zero attached hydrogens (tertiary/aromatic N) is 2. The first-order valence-electron chi connectivity index (χ1n) is 8.85. The highest BCUT2D eigenvalue weighted by Crippen LogP contribution is 2.29. The Morgan fingerprint density at radius 1 is 1.44 bits per heavy atom.